The maximum Gasteiger partial charge on any atom is 0.241 e. The fourth-order valence-electron chi connectivity index (χ4n) is 1.95. The van der Waals surface area contributed by atoms with E-state index >= 15 is 0 Å². The fourth-order valence-corrected chi connectivity index (χ4v) is 1.95. The van der Waals surface area contributed by atoms with Crippen LogP contribution in [0.15, 0.2) is 36.5 Å². The molecule has 1 aromatic heterocycles. The van der Waals surface area contributed by atoms with Gasteiger partial charge in [-0.05, 0) is 18.6 Å². The molecular formula is C15H20N4O. The molecule has 0 saturated carbocycles. The van der Waals surface area contributed by atoms with E-state index in [-0.39, 0.29) is 5.91 Å². The highest BCUT2D eigenvalue weighted by atomic mass is 16.2. The molecule has 0 saturated heterocycles. The summed E-state index contributed by atoms with van der Waals surface area (Å²) in [5, 5.41) is 7.09. The minimum atomic E-state index is -0.626. The van der Waals surface area contributed by atoms with E-state index in [2.05, 4.69) is 10.4 Å². The number of nitrogens with two attached hydrogens (primary N) is 1. The van der Waals surface area contributed by atoms with Crippen LogP contribution in [0.25, 0.3) is 0 Å². The van der Waals surface area contributed by atoms with Crippen LogP contribution in [0, 0.1) is 6.92 Å². The topological polar surface area (TPSA) is 72.9 Å². The quantitative estimate of drug-likeness (QED) is 0.855. The monoisotopic (exact) mass is 272 g/mol. The number of aromatic nitrogens is 2. The van der Waals surface area contributed by atoms with Crippen LogP contribution in [0.2, 0.25) is 0 Å². The molecule has 0 aliphatic carbocycles. The Balaban J connectivity index is 1.83. The van der Waals surface area contributed by atoms with Crippen LogP contribution in [0.4, 0.5) is 0 Å². The molecule has 3 N–H and O–H groups in total. The van der Waals surface area contributed by atoms with E-state index in [9.17, 15) is 4.79 Å². The molecule has 1 heterocycles. The normalized spacial score (nSPS) is 12.2. The maximum atomic E-state index is 12.0. The van der Waals surface area contributed by atoms with Gasteiger partial charge in [0.05, 0.1) is 5.69 Å². The molecule has 0 spiro atoms. The Bertz CT molecular complexity index is 574. The molecule has 5 nitrogen and oxygen atoms in total. The molecule has 5 heteroatoms. The molecule has 2 rings (SSSR count). The third-order valence-electron chi connectivity index (χ3n) is 3.17. The summed E-state index contributed by atoms with van der Waals surface area (Å²) in [5.74, 6) is -0.162. The van der Waals surface area contributed by atoms with Gasteiger partial charge in [-0.2, -0.15) is 5.10 Å². The summed E-state index contributed by atoms with van der Waals surface area (Å²) in [5.41, 5.74) is 8.87. The molecule has 0 bridgehead atoms. The number of carbonyl (C=O) groups is 1. The standard InChI is InChI=1S/C15H20N4O/c1-11-3-5-12(6-4-11)14(16)15(20)17-9-7-13-8-10-19(2)18-13/h3-6,8,10,14H,7,9,16H2,1-2H3,(H,17,20). The minimum absolute atomic E-state index is 0.162. The van der Waals surface area contributed by atoms with Gasteiger partial charge in [-0.15, -0.1) is 0 Å². The molecule has 0 aliphatic heterocycles. The van der Waals surface area contributed by atoms with Crippen molar-refractivity contribution in [2.75, 3.05) is 6.54 Å². The van der Waals surface area contributed by atoms with E-state index in [1.807, 2.05) is 50.5 Å². The number of hydrogen-bond donors (Lipinski definition) is 2. The van der Waals surface area contributed by atoms with Crippen LogP contribution < -0.4 is 11.1 Å². The summed E-state index contributed by atoms with van der Waals surface area (Å²) >= 11 is 0. The number of carbonyl (C=O) groups excluding carboxylic acids is 1. The van der Waals surface area contributed by atoms with Gasteiger partial charge in [0, 0.05) is 26.2 Å². The minimum Gasteiger partial charge on any atom is -0.354 e. The number of hydrogen-bond acceptors (Lipinski definition) is 3. The van der Waals surface area contributed by atoms with Gasteiger partial charge < -0.3 is 11.1 Å². The van der Waals surface area contributed by atoms with Gasteiger partial charge in [-0.3, -0.25) is 9.48 Å². The first-order chi connectivity index (χ1) is 9.56. The Kier molecular flexibility index (Phi) is 4.53. The molecule has 1 atom stereocenters. The third-order valence-corrected chi connectivity index (χ3v) is 3.17. The largest absolute Gasteiger partial charge is 0.354 e. The fraction of sp³-hybridized carbons (Fsp3) is 0.333. The SMILES string of the molecule is Cc1ccc(C(N)C(=O)NCCc2ccn(C)n2)cc1. The Hall–Kier alpha value is -2.14. The lowest BCUT2D eigenvalue weighted by molar-refractivity contribution is -0.122. The summed E-state index contributed by atoms with van der Waals surface area (Å²) in [4.78, 5) is 12.0. The van der Waals surface area contributed by atoms with Crippen molar-refractivity contribution < 1.29 is 4.79 Å². The first kappa shape index (κ1) is 14.3. The molecule has 1 aromatic carbocycles. The second kappa shape index (κ2) is 6.34. The number of benzene rings is 1. The van der Waals surface area contributed by atoms with Gasteiger partial charge in [0.25, 0.3) is 0 Å². The molecule has 20 heavy (non-hydrogen) atoms. The maximum absolute atomic E-state index is 12.0. The number of nitrogens with zero attached hydrogens (tertiary/aromatic N) is 2. The van der Waals surface area contributed by atoms with E-state index in [0.717, 1.165) is 16.8 Å². The van der Waals surface area contributed by atoms with Crippen LogP contribution in [0.5, 0.6) is 0 Å². The summed E-state index contributed by atoms with van der Waals surface area (Å²) in [6.45, 7) is 2.54. The highest BCUT2D eigenvalue weighted by molar-refractivity contribution is 5.82. The highest BCUT2D eigenvalue weighted by Crippen LogP contribution is 2.11. The van der Waals surface area contributed by atoms with Gasteiger partial charge in [-0.1, -0.05) is 29.8 Å². The summed E-state index contributed by atoms with van der Waals surface area (Å²) in [7, 11) is 1.87. The van der Waals surface area contributed by atoms with Gasteiger partial charge in [0.1, 0.15) is 6.04 Å². The number of amides is 1. The van der Waals surface area contributed by atoms with Crippen molar-refractivity contribution in [3.05, 3.63) is 53.3 Å². The predicted molar refractivity (Wildman–Crippen MR) is 78.0 cm³/mol. The summed E-state index contributed by atoms with van der Waals surface area (Å²) in [6, 6.07) is 8.99. The zero-order valence-corrected chi connectivity index (χ0v) is 11.8. The van der Waals surface area contributed by atoms with Crippen molar-refractivity contribution in [2.45, 2.75) is 19.4 Å². The van der Waals surface area contributed by atoms with Crippen molar-refractivity contribution in [1.82, 2.24) is 15.1 Å². The second-order valence-corrected chi connectivity index (χ2v) is 4.91. The van der Waals surface area contributed by atoms with Crippen molar-refractivity contribution in [2.24, 2.45) is 12.8 Å². The van der Waals surface area contributed by atoms with Crippen LogP contribution >= 0.6 is 0 Å². The Morgan fingerprint density at radius 2 is 2.05 bits per heavy atom. The number of rotatable bonds is 5. The molecular weight excluding hydrogens is 252 g/mol. The van der Waals surface area contributed by atoms with E-state index < -0.39 is 6.04 Å². The Morgan fingerprint density at radius 3 is 2.65 bits per heavy atom. The van der Waals surface area contributed by atoms with E-state index in [0.29, 0.717) is 13.0 Å². The first-order valence-corrected chi connectivity index (χ1v) is 6.64. The molecule has 0 radical (unpaired) electrons. The van der Waals surface area contributed by atoms with E-state index in [1.54, 1.807) is 4.68 Å². The Morgan fingerprint density at radius 1 is 1.35 bits per heavy atom. The lowest BCUT2D eigenvalue weighted by Crippen LogP contribution is -2.35. The zero-order valence-electron chi connectivity index (χ0n) is 11.8. The third kappa shape index (κ3) is 3.68. The summed E-state index contributed by atoms with van der Waals surface area (Å²) < 4.78 is 1.75. The van der Waals surface area contributed by atoms with Gasteiger partial charge in [0.2, 0.25) is 5.91 Å². The van der Waals surface area contributed by atoms with Crippen molar-refractivity contribution in [3.63, 3.8) is 0 Å². The van der Waals surface area contributed by atoms with Crippen molar-refractivity contribution in [3.8, 4) is 0 Å². The van der Waals surface area contributed by atoms with E-state index in [4.69, 9.17) is 5.73 Å². The molecule has 2 aromatic rings. The molecule has 106 valence electrons. The van der Waals surface area contributed by atoms with Crippen molar-refractivity contribution in [1.29, 1.82) is 0 Å². The van der Waals surface area contributed by atoms with Gasteiger partial charge in [-0.25, -0.2) is 0 Å². The number of nitrogens with one attached hydrogen (secondary N) is 1. The van der Waals surface area contributed by atoms with Crippen LogP contribution in [-0.4, -0.2) is 22.2 Å². The lowest BCUT2D eigenvalue weighted by Gasteiger charge is -2.12. The van der Waals surface area contributed by atoms with Gasteiger partial charge >= 0.3 is 0 Å². The first-order valence-electron chi connectivity index (χ1n) is 6.64. The van der Waals surface area contributed by atoms with E-state index in [1.165, 1.54) is 0 Å². The van der Waals surface area contributed by atoms with Crippen LogP contribution in [-0.2, 0) is 18.3 Å². The average molecular weight is 272 g/mol. The molecule has 1 unspecified atom stereocenters. The Labute approximate surface area is 118 Å². The van der Waals surface area contributed by atoms with Crippen LogP contribution in [0.1, 0.15) is 22.9 Å². The number of aryl methyl sites for hydroxylation is 2. The highest BCUT2D eigenvalue weighted by Gasteiger charge is 2.14. The molecule has 1 amide bonds. The van der Waals surface area contributed by atoms with Crippen molar-refractivity contribution >= 4 is 5.91 Å². The summed E-state index contributed by atoms with van der Waals surface area (Å²) in [6.07, 6.45) is 2.59. The van der Waals surface area contributed by atoms with Gasteiger partial charge in [0.15, 0.2) is 0 Å². The average Bonchev–Trinajstić information content (AvgIpc) is 2.84. The zero-order chi connectivity index (χ0) is 14.5. The smallest absolute Gasteiger partial charge is 0.241 e. The lowest BCUT2D eigenvalue weighted by atomic mass is 10.1. The molecule has 0 fully saturated rings. The predicted octanol–water partition coefficient (Wildman–Crippen LogP) is 1.09. The molecule has 0 aliphatic rings. The second-order valence-electron chi connectivity index (χ2n) is 4.91. The van der Waals surface area contributed by atoms with Crippen LogP contribution in [0.3, 0.4) is 0 Å².